The van der Waals surface area contributed by atoms with Crippen LogP contribution >= 0.6 is 11.6 Å². The van der Waals surface area contributed by atoms with Crippen molar-refractivity contribution in [1.82, 2.24) is 0 Å². The fourth-order valence-corrected chi connectivity index (χ4v) is 3.05. The predicted molar refractivity (Wildman–Crippen MR) is 84.3 cm³/mol. The minimum absolute atomic E-state index is 0.0352. The van der Waals surface area contributed by atoms with Crippen LogP contribution in [0.2, 0.25) is 5.02 Å². The molecule has 2 aromatic rings. The van der Waals surface area contributed by atoms with Crippen LogP contribution in [-0.4, -0.2) is 15.0 Å². The van der Waals surface area contributed by atoms with Gasteiger partial charge in [-0.2, -0.15) is 0 Å². The highest BCUT2D eigenvalue weighted by atomic mass is 35.5. The molecule has 0 unspecified atom stereocenters. The minimum atomic E-state index is -3.76. The lowest BCUT2D eigenvalue weighted by Crippen LogP contribution is -2.14. The lowest BCUT2D eigenvalue weighted by molar-refractivity contribution is 0.342. The van der Waals surface area contributed by atoms with Crippen LogP contribution in [0.15, 0.2) is 47.4 Å². The van der Waals surface area contributed by atoms with Crippen molar-refractivity contribution in [2.24, 2.45) is 0 Å². The normalized spacial score (nSPS) is 11.1. The summed E-state index contributed by atoms with van der Waals surface area (Å²) in [6, 6.07) is 11.0. The molecule has 0 amide bonds. The lowest BCUT2D eigenvalue weighted by atomic mass is 10.3. The monoisotopic (exact) mass is 326 g/mol. The molecule has 2 aromatic carbocycles. The lowest BCUT2D eigenvalue weighted by Gasteiger charge is -2.13. The largest absolute Gasteiger partial charge is 0.492 e. The summed E-state index contributed by atoms with van der Waals surface area (Å²) in [7, 11) is -3.76. The number of nitrogens with two attached hydrogens (primary N) is 1. The fourth-order valence-electron chi connectivity index (χ4n) is 1.71. The smallest absolute Gasteiger partial charge is 0.262 e. The average molecular weight is 327 g/mol. The van der Waals surface area contributed by atoms with Gasteiger partial charge in [-0.05, 0) is 37.3 Å². The van der Waals surface area contributed by atoms with E-state index in [2.05, 4.69) is 4.72 Å². The predicted octanol–water partition coefficient (Wildman–Crippen LogP) is 3.12. The van der Waals surface area contributed by atoms with E-state index in [1.807, 2.05) is 6.92 Å². The Bertz CT molecular complexity index is 748. The molecule has 0 aromatic heterocycles. The minimum Gasteiger partial charge on any atom is -0.492 e. The van der Waals surface area contributed by atoms with E-state index < -0.39 is 10.0 Å². The Labute approximate surface area is 128 Å². The Morgan fingerprint density at radius 1 is 1.24 bits per heavy atom. The first-order valence-electron chi connectivity index (χ1n) is 6.23. The molecule has 0 saturated carbocycles. The van der Waals surface area contributed by atoms with Gasteiger partial charge in [-0.15, -0.1) is 0 Å². The van der Waals surface area contributed by atoms with E-state index in [0.29, 0.717) is 23.7 Å². The van der Waals surface area contributed by atoms with Gasteiger partial charge in [0.25, 0.3) is 10.0 Å². The van der Waals surface area contributed by atoms with Gasteiger partial charge >= 0.3 is 0 Å². The highest BCUT2D eigenvalue weighted by Gasteiger charge is 2.17. The first-order chi connectivity index (χ1) is 9.94. The number of ether oxygens (including phenoxy) is 1. The maximum absolute atomic E-state index is 12.4. The number of hydrogen-bond acceptors (Lipinski definition) is 4. The van der Waals surface area contributed by atoms with Crippen molar-refractivity contribution in [3.05, 3.63) is 47.5 Å². The molecule has 21 heavy (non-hydrogen) atoms. The molecule has 2 rings (SSSR count). The second-order valence-electron chi connectivity index (χ2n) is 4.22. The van der Waals surface area contributed by atoms with Crippen molar-refractivity contribution in [3.63, 3.8) is 0 Å². The number of nitrogens with one attached hydrogen (secondary N) is 1. The van der Waals surface area contributed by atoms with Crippen molar-refractivity contribution in [2.75, 3.05) is 17.1 Å². The molecule has 0 saturated heterocycles. The molecular weight excluding hydrogens is 312 g/mol. The SMILES string of the molecule is CCOc1ccccc1NS(=O)(=O)c1ccc(N)c(Cl)c1. The zero-order valence-corrected chi connectivity index (χ0v) is 12.9. The van der Waals surface area contributed by atoms with Crippen molar-refractivity contribution in [1.29, 1.82) is 0 Å². The summed E-state index contributed by atoms with van der Waals surface area (Å²) in [5.74, 6) is 0.463. The third-order valence-corrected chi connectivity index (χ3v) is 4.40. The number of sulfonamides is 1. The highest BCUT2D eigenvalue weighted by Crippen LogP contribution is 2.28. The Morgan fingerprint density at radius 2 is 1.95 bits per heavy atom. The number of para-hydroxylation sites is 2. The first kappa shape index (κ1) is 15.5. The second kappa shape index (κ2) is 6.24. The van der Waals surface area contributed by atoms with Crippen LogP contribution in [0.25, 0.3) is 0 Å². The third kappa shape index (κ3) is 3.59. The number of rotatable bonds is 5. The molecule has 0 fully saturated rings. The standard InChI is InChI=1S/C14H15ClN2O3S/c1-2-20-14-6-4-3-5-13(14)17-21(18,19)10-7-8-12(16)11(15)9-10/h3-9,17H,2,16H2,1H3. The summed E-state index contributed by atoms with van der Waals surface area (Å²) >= 11 is 5.86. The van der Waals surface area contributed by atoms with E-state index in [-0.39, 0.29) is 9.92 Å². The highest BCUT2D eigenvalue weighted by molar-refractivity contribution is 7.92. The molecule has 0 aliphatic carbocycles. The second-order valence-corrected chi connectivity index (χ2v) is 6.31. The van der Waals surface area contributed by atoms with E-state index in [9.17, 15) is 8.42 Å². The number of halogens is 1. The van der Waals surface area contributed by atoms with Crippen molar-refractivity contribution in [3.8, 4) is 5.75 Å². The van der Waals surface area contributed by atoms with Gasteiger partial charge in [0.15, 0.2) is 0 Å². The molecule has 0 radical (unpaired) electrons. The van der Waals surface area contributed by atoms with Crippen LogP contribution < -0.4 is 15.2 Å². The molecule has 112 valence electrons. The zero-order chi connectivity index (χ0) is 15.5. The van der Waals surface area contributed by atoms with Crippen molar-refractivity contribution < 1.29 is 13.2 Å². The van der Waals surface area contributed by atoms with Crippen LogP contribution in [-0.2, 0) is 10.0 Å². The van der Waals surface area contributed by atoms with E-state index in [0.717, 1.165) is 0 Å². The summed E-state index contributed by atoms with van der Waals surface area (Å²) in [6.07, 6.45) is 0. The Kier molecular flexibility index (Phi) is 4.59. The maximum atomic E-state index is 12.4. The molecule has 7 heteroatoms. The summed E-state index contributed by atoms with van der Waals surface area (Å²) < 4.78 is 32.6. The van der Waals surface area contributed by atoms with E-state index in [1.54, 1.807) is 24.3 Å². The van der Waals surface area contributed by atoms with Gasteiger partial charge in [0.1, 0.15) is 5.75 Å². The zero-order valence-electron chi connectivity index (χ0n) is 11.3. The Morgan fingerprint density at radius 3 is 2.62 bits per heavy atom. The summed E-state index contributed by atoms with van der Waals surface area (Å²) in [4.78, 5) is 0.0352. The molecule has 3 N–H and O–H groups in total. The van der Waals surface area contributed by atoms with Gasteiger partial charge in [-0.25, -0.2) is 8.42 Å². The van der Waals surface area contributed by atoms with E-state index in [1.165, 1.54) is 18.2 Å². The van der Waals surface area contributed by atoms with Crippen molar-refractivity contribution >= 4 is 33.0 Å². The van der Waals surface area contributed by atoms with Gasteiger partial charge in [0.05, 0.1) is 27.9 Å². The van der Waals surface area contributed by atoms with Crippen LogP contribution in [0.4, 0.5) is 11.4 Å². The Balaban J connectivity index is 2.35. The summed E-state index contributed by atoms with van der Waals surface area (Å²) in [5.41, 5.74) is 6.27. The number of hydrogen-bond donors (Lipinski definition) is 2. The third-order valence-electron chi connectivity index (χ3n) is 2.71. The number of nitrogen functional groups attached to an aromatic ring is 1. The van der Waals surface area contributed by atoms with E-state index >= 15 is 0 Å². The number of anilines is 2. The van der Waals surface area contributed by atoms with Gasteiger partial charge < -0.3 is 10.5 Å². The van der Waals surface area contributed by atoms with Crippen molar-refractivity contribution in [2.45, 2.75) is 11.8 Å². The van der Waals surface area contributed by atoms with Gasteiger partial charge in [0, 0.05) is 0 Å². The van der Waals surface area contributed by atoms with Crippen LogP contribution in [0.3, 0.4) is 0 Å². The molecular formula is C14H15ClN2O3S. The topological polar surface area (TPSA) is 81.4 Å². The summed E-state index contributed by atoms with van der Waals surface area (Å²) in [5, 5.41) is 0.191. The molecule has 0 aliphatic heterocycles. The van der Waals surface area contributed by atoms with Crippen LogP contribution in [0, 0.1) is 0 Å². The van der Waals surface area contributed by atoms with E-state index in [4.69, 9.17) is 22.1 Å². The molecule has 0 spiro atoms. The van der Waals surface area contributed by atoms with Crippen LogP contribution in [0.5, 0.6) is 5.75 Å². The molecule has 5 nitrogen and oxygen atoms in total. The van der Waals surface area contributed by atoms with Gasteiger partial charge in [-0.1, -0.05) is 23.7 Å². The number of benzene rings is 2. The van der Waals surface area contributed by atoms with Crippen LogP contribution in [0.1, 0.15) is 6.92 Å². The van der Waals surface area contributed by atoms with Gasteiger partial charge in [0.2, 0.25) is 0 Å². The molecule has 0 heterocycles. The molecule has 0 bridgehead atoms. The van der Waals surface area contributed by atoms with Gasteiger partial charge in [-0.3, -0.25) is 4.72 Å². The average Bonchev–Trinajstić information content (AvgIpc) is 2.44. The molecule has 0 atom stereocenters. The first-order valence-corrected chi connectivity index (χ1v) is 8.10. The Hall–Kier alpha value is -1.92. The quantitative estimate of drug-likeness (QED) is 0.827. The molecule has 0 aliphatic rings. The summed E-state index contributed by atoms with van der Waals surface area (Å²) in [6.45, 7) is 2.26. The maximum Gasteiger partial charge on any atom is 0.262 e. The fraction of sp³-hybridized carbons (Fsp3) is 0.143.